The molecule has 0 spiro atoms. The molecule has 8 rings (SSSR count). The van der Waals surface area contributed by atoms with E-state index in [1.165, 1.54) is 16.3 Å². The summed E-state index contributed by atoms with van der Waals surface area (Å²) in [6.07, 6.45) is 0. The fourth-order valence-electron chi connectivity index (χ4n) is 5.83. The first-order valence-electron chi connectivity index (χ1n) is 13.2. The molecule has 39 heavy (non-hydrogen) atoms. The molecule has 0 radical (unpaired) electrons. The van der Waals surface area contributed by atoms with Gasteiger partial charge in [0, 0.05) is 32.8 Å². The zero-order valence-corrected chi connectivity index (χ0v) is 21.4. The van der Waals surface area contributed by atoms with Gasteiger partial charge in [-0.15, -0.1) is 0 Å². The number of para-hydroxylation sites is 3. The predicted octanol–water partition coefficient (Wildman–Crippen LogP) is 8.65. The van der Waals surface area contributed by atoms with E-state index in [-0.39, 0.29) is 0 Å². The second kappa shape index (κ2) is 8.40. The molecule has 0 fully saturated rings. The molecule has 0 unspecified atom stereocenters. The van der Waals surface area contributed by atoms with Crippen molar-refractivity contribution in [2.75, 3.05) is 0 Å². The quantitative estimate of drug-likeness (QED) is 0.243. The largest absolute Gasteiger partial charge is 0.294 e. The number of aromatic nitrogens is 4. The van der Waals surface area contributed by atoms with E-state index in [4.69, 9.17) is 9.97 Å². The number of benzene rings is 4. The molecule has 4 heteroatoms. The highest BCUT2D eigenvalue weighted by Crippen LogP contribution is 2.35. The maximum Gasteiger partial charge on any atom is 0.148 e. The Morgan fingerprint density at radius 1 is 0.487 bits per heavy atom. The molecule has 0 bridgehead atoms. The predicted molar refractivity (Wildman–Crippen MR) is 161 cm³/mol. The van der Waals surface area contributed by atoms with Gasteiger partial charge in [0.25, 0.3) is 0 Å². The minimum absolute atomic E-state index is 0.850. The van der Waals surface area contributed by atoms with Crippen LogP contribution in [0.4, 0.5) is 0 Å². The van der Waals surface area contributed by atoms with Crippen LogP contribution in [-0.2, 0) is 0 Å². The van der Waals surface area contributed by atoms with Gasteiger partial charge in [-0.3, -0.25) is 9.13 Å². The Kier molecular flexibility index (Phi) is 4.70. The van der Waals surface area contributed by atoms with Crippen LogP contribution >= 0.6 is 0 Å². The van der Waals surface area contributed by atoms with Crippen LogP contribution in [0, 0.1) is 6.92 Å². The topological polar surface area (TPSA) is 35.6 Å². The van der Waals surface area contributed by atoms with E-state index >= 15 is 0 Å². The number of fused-ring (bicyclic) bond motifs is 6. The van der Waals surface area contributed by atoms with E-state index in [1.807, 2.05) is 6.07 Å². The smallest absolute Gasteiger partial charge is 0.148 e. The zero-order valence-electron chi connectivity index (χ0n) is 21.4. The SMILES string of the molecule is Cc1cccc(-c2ccc3c4ccccc4n(-c4ccc5c6ccccc6n(-c6ccccc6)c5n4)c3n2)c1. The first-order chi connectivity index (χ1) is 19.3. The molecule has 4 aromatic heterocycles. The molecule has 184 valence electrons. The Bertz CT molecular complexity index is 2180. The van der Waals surface area contributed by atoms with Crippen LogP contribution < -0.4 is 0 Å². The highest BCUT2D eigenvalue weighted by molar-refractivity contribution is 6.10. The van der Waals surface area contributed by atoms with Crippen LogP contribution in [0.2, 0.25) is 0 Å². The molecule has 4 nitrogen and oxygen atoms in total. The van der Waals surface area contributed by atoms with Crippen molar-refractivity contribution in [2.24, 2.45) is 0 Å². The molecule has 0 N–H and O–H groups in total. The third-order valence-corrected chi connectivity index (χ3v) is 7.59. The molecular formula is C35H24N4. The number of rotatable bonds is 3. The van der Waals surface area contributed by atoms with Gasteiger partial charge in [0.05, 0.1) is 16.7 Å². The van der Waals surface area contributed by atoms with E-state index in [0.29, 0.717) is 0 Å². The standard InChI is InChI=1S/C35H24N4/c1-23-10-9-11-24(22-23)30-20-18-28-27-15-6-8-17-32(27)39(34(28)36-30)33-21-19-29-26-14-5-7-16-31(26)38(35(29)37-33)25-12-3-2-4-13-25/h2-22H,1H3. The molecule has 0 aliphatic rings. The number of hydrogen-bond donors (Lipinski definition) is 0. The summed E-state index contributed by atoms with van der Waals surface area (Å²) in [6.45, 7) is 2.12. The van der Waals surface area contributed by atoms with Crippen molar-refractivity contribution in [1.82, 2.24) is 19.1 Å². The van der Waals surface area contributed by atoms with Gasteiger partial charge < -0.3 is 0 Å². The lowest BCUT2D eigenvalue weighted by atomic mass is 10.1. The Balaban J connectivity index is 1.45. The second-order valence-corrected chi connectivity index (χ2v) is 10.0. The molecular weight excluding hydrogens is 476 g/mol. The van der Waals surface area contributed by atoms with Gasteiger partial charge in [-0.2, -0.15) is 0 Å². The van der Waals surface area contributed by atoms with E-state index in [1.54, 1.807) is 0 Å². The van der Waals surface area contributed by atoms with Crippen molar-refractivity contribution in [3.63, 3.8) is 0 Å². The number of pyridine rings is 2. The van der Waals surface area contributed by atoms with Crippen LogP contribution in [-0.4, -0.2) is 19.1 Å². The van der Waals surface area contributed by atoms with Gasteiger partial charge in [-0.25, -0.2) is 9.97 Å². The minimum Gasteiger partial charge on any atom is -0.294 e. The van der Waals surface area contributed by atoms with Crippen molar-refractivity contribution >= 4 is 43.9 Å². The summed E-state index contributed by atoms with van der Waals surface area (Å²) in [6, 6.07) is 44.6. The summed E-state index contributed by atoms with van der Waals surface area (Å²) in [5, 5.41) is 4.61. The summed E-state index contributed by atoms with van der Waals surface area (Å²) in [5.41, 5.74) is 8.45. The molecule has 4 aromatic carbocycles. The van der Waals surface area contributed by atoms with Crippen LogP contribution in [0.1, 0.15) is 5.56 Å². The Labute approximate surface area is 225 Å². The van der Waals surface area contributed by atoms with Gasteiger partial charge >= 0.3 is 0 Å². The lowest BCUT2D eigenvalue weighted by molar-refractivity contribution is 1.05. The average Bonchev–Trinajstić information content (AvgIpc) is 3.49. The summed E-state index contributed by atoms with van der Waals surface area (Å²) < 4.78 is 4.46. The van der Waals surface area contributed by atoms with E-state index in [2.05, 4.69) is 137 Å². The van der Waals surface area contributed by atoms with Gasteiger partial charge in [0.2, 0.25) is 0 Å². The molecule has 4 heterocycles. The van der Waals surface area contributed by atoms with E-state index in [0.717, 1.165) is 55.9 Å². The molecule has 0 aliphatic carbocycles. The Hall–Kier alpha value is -5.22. The van der Waals surface area contributed by atoms with Gasteiger partial charge in [-0.05, 0) is 61.5 Å². The van der Waals surface area contributed by atoms with Crippen LogP contribution in [0.15, 0.2) is 127 Å². The summed E-state index contributed by atoms with van der Waals surface area (Å²) in [7, 11) is 0. The number of nitrogens with zero attached hydrogens (tertiary/aromatic N) is 4. The van der Waals surface area contributed by atoms with Gasteiger partial charge in [-0.1, -0.05) is 78.4 Å². The number of hydrogen-bond acceptors (Lipinski definition) is 2. The van der Waals surface area contributed by atoms with Gasteiger partial charge in [0.15, 0.2) is 0 Å². The molecule has 0 saturated heterocycles. The molecule has 0 atom stereocenters. The third-order valence-electron chi connectivity index (χ3n) is 7.59. The van der Waals surface area contributed by atoms with Crippen LogP contribution in [0.5, 0.6) is 0 Å². The highest BCUT2D eigenvalue weighted by Gasteiger charge is 2.18. The van der Waals surface area contributed by atoms with Crippen molar-refractivity contribution in [2.45, 2.75) is 6.92 Å². The first kappa shape index (κ1) is 21.8. The van der Waals surface area contributed by atoms with E-state index in [9.17, 15) is 0 Å². The van der Waals surface area contributed by atoms with Crippen LogP contribution in [0.25, 0.3) is 66.6 Å². The van der Waals surface area contributed by atoms with Crippen LogP contribution in [0.3, 0.4) is 0 Å². The molecule has 0 aliphatic heterocycles. The summed E-state index contributed by atoms with van der Waals surface area (Å²) >= 11 is 0. The monoisotopic (exact) mass is 500 g/mol. The van der Waals surface area contributed by atoms with Gasteiger partial charge in [0.1, 0.15) is 17.1 Å². The second-order valence-electron chi connectivity index (χ2n) is 10.0. The van der Waals surface area contributed by atoms with Crippen molar-refractivity contribution in [1.29, 1.82) is 0 Å². The molecule has 0 amide bonds. The normalized spacial score (nSPS) is 11.7. The maximum atomic E-state index is 5.33. The fraction of sp³-hybridized carbons (Fsp3) is 0.0286. The maximum absolute atomic E-state index is 5.33. The molecule has 0 saturated carbocycles. The lowest BCUT2D eigenvalue weighted by Crippen LogP contribution is -2.01. The van der Waals surface area contributed by atoms with Crippen molar-refractivity contribution < 1.29 is 0 Å². The summed E-state index contributed by atoms with van der Waals surface area (Å²) in [5.74, 6) is 0.850. The average molecular weight is 501 g/mol. The number of aryl methyl sites for hydroxylation is 1. The first-order valence-corrected chi connectivity index (χ1v) is 13.2. The highest BCUT2D eigenvalue weighted by atomic mass is 15.1. The van der Waals surface area contributed by atoms with Crippen molar-refractivity contribution in [3.8, 4) is 22.8 Å². The minimum atomic E-state index is 0.850. The fourth-order valence-corrected chi connectivity index (χ4v) is 5.83. The Morgan fingerprint density at radius 2 is 1.13 bits per heavy atom. The lowest BCUT2D eigenvalue weighted by Gasteiger charge is -2.10. The summed E-state index contributed by atoms with van der Waals surface area (Å²) in [4.78, 5) is 10.6. The Morgan fingerprint density at radius 3 is 1.87 bits per heavy atom. The third kappa shape index (κ3) is 3.32. The van der Waals surface area contributed by atoms with E-state index < -0.39 is 0 Å². The van der Waals surface area contributed by atoms with Crippen molar-refractivity contribution in [3.05, 3.63) is 133 Å². The molecule has 8 aromatic rings. The zero-order chi connectivity index (χ0) is 25.9.